The highest BCUT2D eigenvalue weighted by atomic mass is 35.5. The number of nitro groups is 1. The molecule has 1 atom stereocenters. The zero-order chi connectivity index (χ0) is 20.0. The smallest absolute Gasteiger partial charge is 0.313 e. The molecule has 2 aromatic rings. The highest BCUT2D eigenvalue weighted by Gasteiger charge is 2.19. The van der Waals surface area contributed by atoms with E-state index >= 15 is 0 Å². The van der Waals surface area contributed by atoms with E-state index in [1.54, 1.807) is 7.11 Å². The number of carbonyl (C=O) groups excluding carboxylic acids is 1. The Labute approximate surface area is 161 Å². The van der Waals surface area contributed by atoms with Crippen molar-refractivity contribution in [2.75, 3.05) is 20.8 Å². The van der Waals surface area contributed by atoms with Crippen molar-refractivity contribution in [1.29, 1.82) is 0 Å². The first-order chi connectivity index (χ1) is 12.8. The zero-order valence-corrected chi connectivity index (χ0v) is 15.8. The summed E-state index contributed by atoms with van der Waals surface area (Å²) in [7, 11) is 2.96. The van der Waals surface area contributed by atoms with E-state index in [9.17, 15) is 14.9 Å². The van der Waals surface area contributed by atoms with Gasteiger partial charge in [0.2, 0.25) is 5.75 Å². The van der Waals surface area contributed by atoms with E-state index in [0.29, 0.717) is 12.2 Å². The highest BCUT2D eigenvalue weighted by molar-refractivity contribution is 6.30. The summed E-state index contributed by atoms with van der Waals surface area (Å²) >= 11 is 5.80. The molecule has 1 amide bonds. The fraction of sp³-hybridized carbons (Fsp3) is 0.278. The monoisotopic (exact) mass is 394 g/mol. The molecule has 0 aliphatic carbocycles. The van der Waals surface area contributed by atoms with Crippen LogP contribution in [0.3, 0.4) is 0 Å². The maximum Gasteiger partial charge on any atom is 0.313 e. The Hall–Kier alpha value is -2.84. The molecule has 0 fully saturated rings. The quantitative estimate of drug-likeness (QED) is 0.539. The summed E-state index contributed by atoms with van der Waals surface area (Å²) < 4.78 is 15.9. The average Bonchev–Trinajstić information content (AvgIpc) is 2.63. The van der Waals surface area contributed by atoms with Crippen LogP contribution in [0.5, 0.6) is 17.2 Å². The molecular formula is C18H19ClN2O6. The lowest BCUT2D eigenvalue weighted by molar-refractivity contribution is -0.385. The van der Waals surface area contributed by atoms with E-state index in [4.69, 9.17) is 25.8 Å². The van der Waals surface area contributed by atoms with Crippen molar-refractivity contribution in [2.24, 2.45) is 0 Å². The van der Waals surface area contributed by atoms with Gasteiger partial charge in [-0.15, -0.1) is 0 Å². The number of rotatable bonds is 8. The largest absolute Gasteiger partial charge is 0.493 e. The number of nitrogens with one attached hydrogen (secondary N) is 1. The summed E-state index contributed by atoms with van der Waals surface area (Å²) in [6, 6.07) is 8.44. The van der Waals surface area contributed by atoms with Gasteiger partial charge in [-0.2, -0.15) is 0 Å². The van der Waals surface area contributed by atoms with Gasteiger partial charge < -0.3 is 19.5 Å². The molecule has 27 heavy (non-hydrogen) atoms. The number of hydrogen-bond donors (Lipinski definition) is 1. The number of methoxy groups -OCH3 is 2. The zero-order valence-electron chi connectivity index (χ0n) is 15.0. The standard InChI is InChI=1S/C18H19ClN2O6/c1-11(10-25-2)20-18(22)12-4-6-16(17(8-12)26-3)27-15-7-5-13(19)9-14(15)21(23)24/h4-9,11H,10H2,1-3H3,(H,20,22). The molecule has 0 radical (unpaired) electrons. The second-order valence-electron chi connectivity index (χ2n) is 5.67. The van der Waals surface area contributed by atoms with E-state index in [-0.39, 0.29) is 39.9 Å². The summed E-state index contributed by atoms with van der Waals surface area (Å²) in [5.41, 5.74) is 0.0764. The lowest BCUT2D eigenvalue weighted by Crippen LogP contribution is -2.35. The van der Waals surface area contributed by atoms with Crippen molar-refractivity contribution in [3.63, 3.8) is 0 Å². The average molecular weight is 395 g/mol. The van der Waals surface area contributed by atoms with Crippen LogP contribution in [0.15, 0.2) is 36.4 Å². The summed E-state index contributed by atoms with van der Waals surface area (Å²) in [6.45, 7) is 2.19. The third kappa shape index (κ3) is 5.32. The van der Waals surface area contributed by atoms with Gasteiger partial charge in [-0.3, -0.25) is 14.9 Å². The molecule has 9 heteroatoms. The van der Waals surface area contributed by atoms with Crippen molar-refractivity contribution >= 4 is 23.2 Å². The van der Waals surface area contributed by atoms with Gasteiger partial charge in [0.25, 0.3) is 5.91 Å². The molecule has 0 aliphatic rings. The van der Waals surface area contributed by atoms with Crippen molar-refractivity contribution < 1.29 is 23.9 Å². The third-order valence-electron chi connectivity index (χ3n) is 3.56. The second-order valence-corrected chi connectivity index (χ2v) is 6.10. The van der Waals surface area contributed by atoms with Crippen LogP contribution in [0.1, 0.15) is 17.3 Å². The molecule has 0 spiro atoms. The van der Waals surface area contributed by atoms with Crippen molar-refractivity contribution in [3.05, 3.63) is 57.1 Å². The van der Waals surface area contributed by atoms with Crippen LogP contribution in [0, 0.1) is 10.1 Å². The summed E-state index contributed by atoms with van der Waals surface area (Å²) in [5, 5.41) is 14.2. The molecule has 0 saturated heterocycles. The number of amides is 1. The molecule has 0 saturated carbocycles. The Bertz CT molecular complexity index is 843. The minimum absolute atomic E-state index is 0.00798. The minimum Gasteiger partial charge on any atom is -0.493 e. The van der Waals surface area contributed by atoms with Gasteiger partial charge in [0.05, 0.1) is 18.6 Å². The van der Waals surface area contributed by atoms with E-state index in [0.717, 1.165) is 0 Å². The highest BCUT2D eigenvalue weighted by Crippen LogP contribution is 2.37. The maximum absolute atomic E-state index is 12.3. The molecular weight excluding hydrogens is 376 g/mol. The number of nitro benzene ring substituents is 1. The summed E-state index contributed by atoms with van der Waals surface area (Å²) in [5.74, 6) is 0.186. The number of nitrogens with zero attached hydrogens (tertiary/aromatic N) is 1. The van der Waals surface area contributed by atoms with E-state index in [2.05, 4.69) is 5.32 Å². The predicted molar refractivity (Wildman–Crippen MR) is 100.0 cm³/mol. The molecule has 2 rings (SSSR count). The molecule has 8 nitrogen and oxygen atoms in total. The van der Waals surface area contributed by atoms with Crippen LogP contribution in [0.25, 0.3) is 0 Å². The van der Waals surface area contributed by atoms with Crippen molar-refractivity contribution in [3.8, 4) is 17.2 Å². The molecule has 1 unspecified atom stereocenters. The molecule has 1 N–H and O–H groups in total. The lowest BCUT2D eigenvalue weighted by Gasteiger charge is -2.15. The number of carbonyl (C=O) groups is 1. The molecule has 0 aliphatic heterocycles. The van der Waals surface area contributed by atoms with E-state index in [1.807, 2.05) is 6.92 Å². The number of benzene rings is 2. The Kier molecular flexibility index (Phi) is 6.98. The number of halogens is 1. The molecule has 144 valence electrons. The summed E-state index contributed by atoms with van der Waals surface area (Å²) in [4.78, 5) is 22.9. The fourth-order valence-corrected chi connectivity index (χ4v) is 2.50. The Morgan fingerprint density at radius 1 is 1.19 bits per heavy atom. The second kappa shape index (κ2) is 9.20. The van der Waals surface area contributed by atoms with Crippen molar-refractivity contribution in [2.45, 2.75) is 13.0 Å². The van der Waals surface area contributed by atoms with Gasteiger partial charge in [0, 0.05) is 29.8 Å². The number of hydrogen-bond acceptors (Lipinski definition) is 6. The predicted octanol–water partition coefficient (Wildman–Crippen LogP) is 3.81. The maximum atomic E-state index is 12.3. The van der Waals surface area contributed by atoms with Gasteiger partial charge in [0.1, 0.15) is 0 Å². The Morgan fingerprint density at radius 3 is 2.52 bits per heavy atom. The van der Waals surface area contributed by atoms with Crippen molar-refractivity contribution in [1.82, 2.24) is 5.32 Å². The van der Waals surface area contributed by atoms with Gasteiger partial charge in [-0.1, -0.05) is 11.6 Å². The van der Waals surface area contributed by atoms with Crippen LogP contribution in [0.4, 0.5) is 5.69 Å². The molecule has 0 heterocycles. The van der Waals surface area contributed by atoms with E-state index < -0.39 is 4.92 Å². The molecule has 2 aromatic carbocycles. The van der Waals surface area contributed by atoms with Crippen LogP contribution in [-0.2, 0) is 4.74 Å². The van der Waals surface area contributed by atoms with Crippen LogP contribution < -0.4 is 14.8 Å². The van der Waals surface area contributed by atoms with Gasteiger partial charge in [-0.25, -0.2) is 0 Å². The van der Waals surface area contributed by atoms with Gasteiger partial charge in [0.15, 0.2) is 11.5 Å². The normalized spacial score (nSPS) is 11.6. The van der Waals surface area contributed by atoms with Gasteiger partial charge in [-0.05, 0) is 37.3 Å². The first kappa shape index (κ1) is 20.5. The van der Waals surface area contributed by atoms with Gasteiger partial charge >= 0.3 is 5.69 Å². The Morgan fingerprint density at radius 2 is 1.89 bits per heavy atom. The molecule has 0 aromatic heterocycles. The van der Waals surface area contributed by atoms with Crippen LogP contribution in [-0.4, -0.2) is 37.7 Å². The first-order valence-corrected chi connectivity index (χ1v) is 8.33. The topological polar surface area (TPSA) is 99.9 Å². The molecule has 0 bridgehead atoms. The number of ether oxygens (including phenoxy) is 3. The first-order valence-electron chi connectivity index (χ1n) is 7.95. The summed E-state index contributed by atoms with van der Waals surface area (Å²) in [6.07, 6.45) is 0. The van der Waals surface area contributed by atoms with Crippen LogP contribution >= 0.6 is 11.6 Å². The minimum atomic E-state index is -0.591. The SMILES string of the molecule is COCC(C)NC(=O)c1ccc(Oc2ccc(Cl)cc2[N+](=O)[O-])c(OC)c1. The van der Waals surface area contributed by atoms with Crippen LogP contribution in [0.2, 0.25) is 5.02 Å². The Balaban J connectivity index is 2.27. The third-order valence-corrected chi connectivity index (χ3v) is 3.79. The fourth-order valence-electron chi connectivity index (χ4n) is 2.33. The van der Waals surface area contributed by atoms with E-state index in [1.165, 1.54) is 43.5 Å². The lowest BCUT2D eigenvalue weighted by atomic mass is 10.1.